The first-order chi connectivity index (χ1) is 7.94. The second-order valence-corrected chi connectivity index (χ2v) is 6.13. The van der Waals surface area contributed by atoms with Crippen molar-refractivity contribution in [2.45, 2.75) is 59.0 Å². The van der Waals surface area contributed by atoms with Gasteiger partial charge in [0.2, 0.25) is 0 Å². The first-order valence-corrected chi connectivity index (χ1v) is 6.83. The average Bonchev–Trinajstić information content (AvgIpc) is 2.52. The lowest BCUT2D eigenvalue weighted by atomic mass is 9.95. The Bertz CT molecular complexity index is 265. The third-order valence-corrected chi connectivity index (χ3v) is 3.63. The number of nitriles is 1. The van der Waals surface area contributed by atoms with Crippen LogP contribution in [-0.4, -0.2) is 36.6 Å². The molecule has 0 aromatic heterocycles. The highest BCUT2D eigenvalue weighted by Gasteiger charge is 2.21. The Kier molecular flexibility index (Phi) is 5.42. The van der Waals surface area contributed by atoms with Gasteiger partial charge in [-0.1, -0.05) is 0 Å². The molecule has 17 heavy (non-hydrogen) atoms. The maximum atomic E-state index is 9.00. The van der Waals surface area contributed by atoms with E-state index in [9.17, 15) is 0 Å². The quantitative estimate of drug-likeness (QED) is 0.816. The number of hydrogen-bond acceptors (Lipinski definition) is 3. The number of likely N-dealkylation sites (tertiary alicyclic amines) is 1. The molecule has 0 aromatic carbocycles. The van der Waals surface area contributed by atoms with Gasteiger partial charge in [0.15, 0.2) is 0 Å². The highest BCUT2D eigenvalue weighted by atomic mass is 15.1. The molecule has 0 bridgehead atoms. The molecule has 0 saturated carbocycles. The standard InChI is InChI=1S/C14H27N3/c1-12(2)17-8-5-6-13(7-9-17)16-11-14(3,4)10-15/h12-13,16H,5-9,11H2,1-4H3. The molecule has 1 rings (SSSR count). The zero-order chi connectivity index (χ0) is 12.9. The third-order valence-electron chi connectivity index (χ3n) is 3.63. The smallest absolute Gasteiger partial charge is 0.0697 e. The zero-order valence-corrected chi connectivity index (χ0v) is 11.8. The normalized spacial score (nSPS) is 23.4. The van der Waals surface area contributed by atoms with Gasteiger partial charge >= 0.3 is 0 Å². The third kappa shape index (κ3) is 5.06. The van der Waals surface area contributed by atoms with E-state index < -0.39 is 0 Å². The molecule has 0 spiro atoms. The Balaban J connectivity index is 2.35. The second kappa shape index (κ2) is 6.37. The van der Waals surface area contributed by atoms with Gasteiger partial charge < -0.3 is 10.2 Å². The van der Waals surface area contributed by atoms with Crippen molar-refractivity contribution in [3.63, 3.8) is 0 Å². The van der Waals surface area contributed by atoms with Crippen molar-refractivity contribution in [3.8, 4) is 6.07 Å². The fourth-order valence-electron chi connectivity index (χ4n) is 2.28. The van der Waals surface area contributed by atoms with Crippen molar-refractivity contribution in [2.24, 2.45) is 5.41 Å². The number of nitrogens with one attached hydrogen (secondary N) is 1. The van der Waals surface area contributed by atoms with Crippen LogP contribution in [0.4, 0.5) is 0 Å². The van der Waals surface area contributed by atoms with Crippen LogP contribution in [0.1, 0.15) is 47.0 Å². The van der Waals surface area contributed by atoms with Gasteiger partial charge in [-0.05, 0) is 60.0 Å². The summed E-state index contributed by atoms with van der Waals surface area (Å²) in [5.41, 5.74) is -0.246. The molecule has 1 unspecified atom stereocenters. The van der Waals surface area contributed by atoms with Gasteiger partial charge in [0, 0.05) is 18.6 Å². The zero-order valence-electron chi connectivity index (χ0n) is 11.8. The summed E-state index contributed by atoms with van der Waals surface area (Å²) in [5.74, 6) is 0. The van der Waals surface area contributed by atoms with E-state index in [-0.39, 0.29) is 5.41 Å². The van der Waals surface area contributed by atoms with Gasteiger partial charge in [-0.2, -0.15) is 5.26 Å². The minimum absolute atomic E-state index is 0.246. The molecule has 3 heteroatoms. The molecule has 1 aliphatic heterocycles. The van der Waals surface area contributed by atoms with Crippen LogP contribution < -0.4 is 5.32 Å². The fourth-order valence-corrected chi connectivity index (χ4v) is 2.28. The van der Waals surface area contributed by atoms with Crippen molar-refractivity contribution < 1.29 is 0 Å². The molecule has 0 radical (unpaired) electrons. The van der Waals surface area contributed by atoms with E-state index in [1.54, 1.807) is 0 Å². The van der Waals surface area contributed by atoms with Crippen molar-refractivity contribution in [2.75, 3.05) is 19.6 Å². The molecule has 3 nitrogen and oxygen atoms in total. The molecular weight excluding hydrogens is 210 g/mol. The Hall–Kier alpha value is -0.590. The van der Waals surface area contributed by atoms with Gasteiger partial charge in [0.25, 0.3) is 0 Å². The van der Waals surface area contributed by atoms with Gasteiger partial charge in [-0.15, -0.1) is 0 Å². The Morgan fingerprint density at radius 2 is 2.06 bits per heavy atom. The molecule has 0 aromatic rings. The molecule has 0 amide bonds. The van der Waals surface area contributed by atoms with Crippen LogP contribution in [0.15, 0.2) is 0 Å². The van der Waals surface area contributed by atoms with Crippen LogP contribution in [-0.2, 0) is 0 Å². The molecular formula is C14H27N3. The Labute approximate surface area is 106 Å². The summed E-state index contributed by atoms with van der Waals surface area (Å²) in [4.78, 5) is 2.55. The van der Waals surface area contributed by atoms with E-state index in [0.29, 0.717) is 12.1 Å². The van der Waals surface area contributed by atoms with Gasteiger partial charge in [-0.25, -0.2) is 0 Å². The van der Waals surface area contributed by atoms with E-state index >= 15 is 0 Å². The molecule has 98 valence electrons. The van der Waals surface area contributed by atoms with E-state index in [0.717, 1.165) is 6.54 Å². The van der Waals surface area contributed by atoms with Crippen LogP contribution in [0.5, 0.6) is 0 Å². The average molecular weight is 237 g/mol. The van der Waals surface area contributed by atoms with Crippen LogP contribution in [0.2, 0.25) is 0 Å². The molecule has 1 atom stereocenters. The van der Waals surface area contributed by atoms with E-state index in [2.05, 4.69) is 30.1 Å². The molecule has 1 aliphatic rings. The first-order valence-electron chi connectivity index (χ1n) is 6.83. The summed E-state index contributed by atoms with van der Waals surface area (Å²) in [7, 11) is 0. The molecule has 1 N–H and O–H groups in total. The minimum atomic E-state index is -0.246. The van der Waals surface area contributed by atoms with E-state index in [1.807, 2.05) is 13.8 Å². The highest BCUT2D eigenvalue weighted by molar-refractivity contribution is 4.94. The predicted molar refractivity (Wildman–Crippen MR) is 71.7 cm³/mol. The topological polar surface area (TPSA) is 39.1 Å². The number of nitrogens with zero attached hydrogens (tertiary/aromatic N) is 2. The lowest BCUT2D eigenvalue weighted by Gasteiger charge is -2.25. The largest absolute Gasteiger partial charge is 0.312 e. The molecule has 1 heterocycles. The number of rotatable bonds is 4. The maximum Gasteiger partial charge on any atom is 0.0697 e. The van der Waals surface area contributed by atoms with Crippen molar-refractivity contribution in [3.05, 3.63) is 0 Å². The number of hydrogen-bond donors (Lipinski definition) is 1. The Morgan fingerprint density at radius 1 is 1.35 bits per heavy atom. The van der Waals surface area contributed by atoms with Crippen molar-refractivity contribution >= 4 is 0 Å². The van der Waals surface area contributed by atoms with Crippen LogP contribution >= 0.6 is 0 Å². The van der Waals surface area contributed by atoms with Gasteiger partial charge in [0.1, 0.15) is 0 Å². The van der Waals surface area contributed by atoms with E-state index in [4.69, 9.17) is 5.26 Å². The highest BCUT2D eigenvalue weighted by Crippen LogP contribution is 2.16. The summed E-state index contributed by atoms with van der Waals surface area (Å²) in [6.45, 7) is 11.7. The summed E-state index contributed by atoms with van der Waals surface area (Å²) in [6, 6.07) is 3.60. The van der Waals surface area contributed by atoms with Crippen molar-refractivity contribution in [1.82, 2.24) is 10.2 Å². The van der Waals surface area contributed by atoms with Gasteiger partial charge in [-0.3, -0.25) is 0 Å². The second-order valence-electron chi connectivity index (χ2n) is 6.13. The van der Waals surface area contributed by atoms with Gasteiger partial charge in [0.05, 0.1) is 11.5 Å². The SMILES string of the molecule is CC(C)N1CCCC(NCC(C)(C)C#N)CC1. The fraction of sp³-hybridized carbons (Fsp3) is 0.929. The summed E-state index contributed by atoms with van der Waals surface area (Å²) in [5, 5.41) is 12.6. The van der Waals surface area contributed by atoms with E-state index in [1.165, 1.54) is 32.4 Å². The summed E-state index contributed by atoms with van der Waals surface area (Å²) >= 11 is 0. The molecule has 0 aliphatic carbocycles. The lowest BCUT2D eigenvalue weighted by Crippen LogP contribution is -2.37. The monoisotopic (exact) mass is 237 g/mol. The lowest BCUT2D eigenvalue weighted by molar-refractivity contribution is 0.228. The first kappa shape index (κ1) is 14.5. The Morgan fingerprint density at radius 3 is 2.65 bits per heavy atom. The van der Waals surface area contributed by atoms with Crippen LogP contribution in [0.3, 0.4) is 0 Å². The molecule has 1 fully saturated rings. The maximum absolute atomic E-state index is 9.00. The summed E-state index contributed by atoms with van der Waals surface area (Å²) in [6.07, 6.45) is 3.72. The van der Waals surface area contributed by atoms with Crippen molar-refractivity contribution in [1.29, 1.82) is 5.26 Å². The van der Waals surface area contributed by atoms with Crippen LogP contribution in [0, 0.1) is 16.7 Å². The minimum Gasteiger partial charge on any atom is -0.312 e. The molecule has 1 saturated heterocycles. The predicted octanol–water partition coefficient (Wildman–Crippen LogP) is 2.39. The van der Waals surface area contributed by atoms with Crippen LogP contribution in [0.25, 0.3) is 0 Å². The summed E-state index contributed by atoms with van der Waals surface area (Å²) < 4.78 is 0.